The number of carbonyl (C=O) groups excluding carboxylic acids is 1. The van der Waals surface area contributed by atoms with Crippen LogP contribution in [-0.4, -0.2) is 22.6 Å². The predicted octanol–water partition coefficient (Wildman–Crippen LogP) is 4.68. The van der Waals surface area contributed by atoms with Crippen molar-refractivity contribution in [1.29, 1.82) is 0 Å². The van der Waals surface area contributed by atoms with Crippen LogP contribution < -0.4 is 10.2 Å². The molecule has 1 N–H and O–H groups in total. The topological polar surface area (TPSA) is 50.7 Å². The molecule has 132 valence electrons. The van der Waals surface area contributed by atoms with Gasteiger partial charge in [0.05, 0.1) is 17.7 Å². The summed E-state index contributed by atoms with van der Waals surface area (Å²) in [7, 11) is 0. The lowest BCUT2D eigenvalue weighted by molar-refractivity contribution is -0.125. The first-order valence-corrected chi connectivity index (χ1v) is 9.07. The number of nitrogens with zero attached hydrogens (tertiary/aromatic N) is 1. The van der Waals surface area contributed by atoms with Crippen LogP contribution in [0.1, 0.15) is 52.0 Å². The van der Waals surface area contributed by atoms with Crippen molar-refractivity contribution >= 4 is 34.8 Å². The summed E-state index contributed by atoms with van der Waals surface area (Å²) in [6, 6.07) is 7.73. The van der Waals surface area contributed by atoms with E-state index in [9.17, 15) is 4.79 Å². The molecule has 0 bridgehead atoms. The number of nitrogens with one attached hydrogen (secondary N) is 1. The van der Waals surface area contributed by atoms with E-state index >= 15 is 0 Å². The molecule has 1 unspecified atom stereocenters. The summed E-state index contributed by atoms with van der Waals surface area (Å²) in [6.45, 7) is 6.58. The highest BCUT2D eigenvalue weighted by Crippen LogP contribution is 2.63. The Morgan fingerprint density at radius 3 is 2.42 bits per heavy atom. The molecule has 6 heteroatoms. The lowest BCUT2D eigenvalue weighted by atomic mass is 10.1. The molecule has 0 aliphatic heterocycles. The number of hydrazone groups is 1. The van der Waals surface area contributed by atoms with Gasteiger partial charge in [-0.05, 0) is 56.0 Å². The number of hydrogen-bond acceptors (Lipinski definition) is 3. The predicted molar refractivity (Wildman–Crippen MR) is 99.0 cm³/mol. The molecule has 0 heterocycles. The normalized spacial score (nSPS) is 22.1. The minimum absolute atomic E-state index is 0.252. The van der Waals surface area contributed by atoms with Gasteiger partial charge in [-0.3, -0.25) is 4.79 Å². The van der Waals surface area contributed by atoms with Crippen molar-refractivity contribution in [2.24, 2.45) is 10.5 Å². The zero-order valence-electron chi connectivity index (χ0n) is 14.4. The smallest absolute Gasteiger partial charge is 0.249 e. The Hall–Kier alpha value is -1.26. The van der Waals surface area contributed by atoms with E-state index in [1.165, 1.54) is 0 Å². The molecule has 1 aliphatic rings. The molecule has 1 aromatic carbocycles. The Labute approximate surface area is 153 Å². The first-order chi connectivity index (χ1) is 11.3. The molecule has 24 heavy (non-hydrogen) atoms. The SMILES string of the molecule is CCCCOc1ccc(/C(CC)=N/NC(=O)C2(C)CC2(Cl)Cl)cc1. The standard InChI is InChI=1S/C18H24Cl2N2O2/c1-4-6-11-24-14-9-7-13(8-10-14)15(5-2)21-22-16(23)17(3)12-18(17,19)20/h7-10H,4-6,11-12H2,1-3H3,(H,22,23)/b21-15+. The quantitative estimate of drug-likeness (QED) is 0.312. The van der Waals surface area contributed by atoms with Crippen LogP contribution in [0.2, 0.25) is 0 Å². The maximum absolute atomic E-state index is 12.2. The Kier molecular flexibility index (Phi) is 6.16. The lowest BCUT2D eigenvalue weighted by Gasteiger charge is -2.11. The number of benzene rings is 1. The second-order valence-corrected chi connectivity index (χ2v) is 7.78. The molecule has 1 saturated carbocycles. The summed E-state index contributed by atoms with van der Waals surface area (Å²) in [5.74, 6) is 0.587. The van der Waals surface area contributed by atoms with Gasteiger partial charge in [-0.25, -0.2) is 5.43 Å². The maximum atomic E-state index is 12.2. The Morgan fingerprint density at radius 1 is 1.29 bits per heavy atom. The fourth-order valence-corrected chi connectivity index (χ4v) is 3.02. The van der Waals surface area contributed by atoms with Gasteiger partial charge >= 0.3 is 0 Å². The van der Waals surface area contributed by atoms with Crippen LogP contribution in [0.15, 0.2) is 29.4 Å². The second-order valence-electron chi connectivity index (χ2n) is 6.29. The molecule has 4 nitrogen and oxygen atoms in total. The third-order valence-corrected chi connectivity index (χ3v) is 5.44. The van der Waals surface area contributed by atoms with E-state index in [0.717, 1.165) is 36.5 Å². The van der Waals surface area contributed by atoms with Crippen molar-refractivity contribution in [3.05, 3.63) is 29.8 Å². The minimum atomic E-state index is -0.990. The van der Waals surface area contributed by atoms with E-state index in [1.54, 1.807) is 6.92 Å². The summed E-state index contributed by atoms with van der Waals surface area (Å²) in [5.41, 5.74) is 3.57. The summed E-state index contributed by atoms with van der Waals surface area (Å²) >= 11 is 12.0. The number of ether oxygens (including phenoxy) is 1. The van der Waals surface area contributed by atoms with Gasteiger partial charge in [-0.1, -0.05) is 20.3 Å². The zero-order valence-corrected chi connectivity index (χ0v) is 15.9. The van der Waals surface area contributed by atoms with Gasteiger partial charge in [0, 0.05) is 0 Å². The lowest BCUT2D eigenvalue weighted by Crippen LogP contribution is -2.30. The van der Waals surface area contributed by atoms with Crippen molar-refractivity contribution in [1.82, 2.24) is 5.43 Å². The highest BCUT2D eigenvalue weighted by atomic mass is 35.5. The van der Waals surface area contributed by atoms with E-state index in [4.69, 9.17) is 27.9 Å². The van der Waals surface area contributed by atoms with E-state index < -0.39 is 9.75 Å². The number of halogens is 2. The van der Waals surface area contributed by atoms with E-state index in [1.807, 2.05) is 31.2 Å². The van der Waals surface area contributed by atoms with Crippen molar-refractivity contribution in [2.45, 2.75) is 50.8 Å². The van der Waals surface area contributed by atoms with Crippen LogP contribution >= 0.6 is 23.2 Å². The van der Waals surface area contributed by atoms with Gasteiger partial charge in [0.15, 0.2) is 0 Å². The van der Waals surface area contributed by atoms with Gasteiger partial charge < -0.3 is 4.74 Å². The Morgan fingerprint density at radius 2 is 1.92 bits per heavy atom. The molecule has 0 saturated heterocycles. The molecule has 1 aromatic rings. The van der Waals surface area contributed by atoms with Crippen molar-refractivity contribution in [3.8, 4) is 5.75 Å². The molecular formula is C18H24Cl2N2O2. The number of rotatable bonds is 8. The van der Waals surface area contributed by atoms with Crippen LogP contribution in [0.5, 0.6) is 5.75 Å². The maximum Gasteiger partial charge on any atom is 0.249 e. The van der Waals surface area contributed by atoms with Crippen molar-refractivity contribution < 1.29 is 9.53 Å². The fraction of sp³-hybridized carbons (Fsp3) is 0.556. The summed E-state index contributed by atoms with van der Waals surface area (Å²) in [5, 5.41) is 4.25. The largest absolute Gasteiger partial charge is 0.494 e. The van der Waals surface area contributed by atoms with Crippen molar-refractivity contribution in [3.63, 3.8) is 0 Å². The van der Waals surface area contributed by atoms with Gasteiger partial charge in [0.1, 0.15) is 10.1 Å². The Balaban J connectivity index is 1.99. The van der Waals surface area contributed by atoms with Gasteiger partial charge in [0.25, 0.3) is 0 Å². The molecule has 2 rings (SSSR count). The molecule has 0 aromatic heterocycles. The van der Waals surface area contributed by atoms with Crippen LogP contribution in [0.25, 0.3) is 0 Å². The average molecular weight is 371 g/mol. The number of alkyl halides is 2. The van der Waals surface area contributed by atoms with Crippen LogP contribution in [0.3, 0.4) is 0 Å². The number of amides is 1. The Bertz CT molecular complexity index is 614. The van der Waals surface area contributed by atoms with Gasteiger partial charge in [0.2, 0.25) is 5.91 Å². The zero-order chi connectivity index (χ0) is 17.8. The molecule has 1 atom stereocenters. The third-order valence-electron chi connectivity index (χ3n) is 4.34. The molecular weight excluding hydrogens is 347 g/mol. The van der Waals surface area contributed by atoms with Gasteiger partial charge in [-0.2, -0.15) is 5.10 Å². The molecule has 0 spiro atoms. The van der Waals surface area contributed by atoms with Crippen LogP contribution in [-0.2, 0) is 4.79 Å². The minimum Gasteiger partial charge on any atom is -0.494 e. The fourth-order valence-electron chi connectivity index (χ4n) is 2.31. The van der Waals surface area contributed by atoms with Crippen LogP contribution in [0.4, 0.5) is 0 Å². The summed E-state index contributed by atoms with van der Waals surface area (Å²) in [4.78, 5) is 12.2. The van der Waals surface area contributed by atoms with E-state index in [0.29, 0.717) is 12.8 Å². The number of hydrogen-bond donors (Lipinski definition) is 1. The highest BCUT2D eigenvalue weighted by Gasteiger charge is 2.68. The van der Waals surface area contributed by atoms with Crippen molar-refractivity contribution in [2.75, 3.05) is 6.61 Å². The molecule has 1 amide bonds. The first kappa shape index (κ1) is 19.1. The number of carbonyl (C=O) groups is 1. The van der Waals surface area contributed by atoms with Crippen LogP contribution in [0, 0.1) is 5.41 Å². The highest BCUT2D eigenvalue weighted by molar-refractivity contribution is 6.53. The molecule has 1 fully saturated rings. The van der Waals surface area contributed by atoms with E-state index in [2.05, 4.69) is 17.5 Å². The first-order valence-electron chi connectivity index (χ1n) is 8.32. The molecule has 1 aliphatic carbocycles. The average Bonchev–Trinajstić information content (AvgIpc) is 3.09. The summed E-state index contributed by atoms with van der Waals surface area (Å²) in [6.07, 6.45) is 3.28. The third kappa shape index (κ3) is 4.22. The number of unbranched alkanes of at least 4 members (excludes halogenated alkanes) is 1. The van der Waals surface area contributed by atoms with E-state index in [-0.39, 0.29) is 5.91 Å². The van der Waals surface area contributed by atoms with Gasteiger partial charge in [-0.15, -0.1) is 23.2 Å². The monoisotopic (exact) mass is 370 g/mol. The summed E-state index contributed by atoms with van der Waals surface area (Å²) < 4.78 is 4.66. The second kappa shape index (κ2) is 7.75. The molecule has 0 radical (unpaired) electrons.